The van der Waals surface area contributed by atoms with Crippen molar-refractivity contribution in [1.82, 2.24) is 9.80 Å². The average molecular weight is 372 g/mol. The fourth-order valence-corrected chi connectivity index (χ4v) is 4.52. The number of amides is 2. The molecule has 0 bridgehead atoms. The second-order valence-electron chi connectivity index (χ2n) is 7.87. The highest BCUT2D eigenvalue weighted by Gasteiger charge is 2.33. The van der Waals surface area contributed by atoms with Crippen molar-refractivity contribution in [3.63, 3.8) is 0 Å². The van der Waals surface area contributed by atoms with E-state index in [2.05, 4.69) is 0 Å². The van der Waals surface area contributed by atoms with Gasteiger partial charge in [0, 0.05) is 26.2 Å². The topological polar surface area (TPSA) is 70.1 Å². The molecule has 2 aliphatic heterocycles. The zero-order chi connectivity index (χ0) is 18.8. The molecule has 1 atom stereocenters. The van der Waals surface area contributed by atoms with Crippen molar-refractivity contribution in [2.24, 2.45) is 5.92 Å². The molecule has 2 fully saturated rings. The number of nitrogens with zero attached hydrogens (tertiary/aromatic N) is 2. The SMILES string of the molecule is O=C(c1cc2c(cc1O)CCCC2)N1CCC[C@@H](C(=O)N2CCOCC2)C1. The maximum absolute atomic E-state index is 13.1. The number of ether oxygens (including phenoxy) is 1. The zero-order valence-corrected chi connectivity index (χ0v) is 15.8. The van der Waals surface area contributed by atoms with Gasteiger partial charge in [-0.3, -0.25) is 9.59 Å². The Bertz CT molecular complexity index is 727. The van der Waals surface area contributed by atoms with Gasteiger partial charge in [0.05, 0.1) is 24.7 Å². The van der Waals surface area contributed by atoms with E-state index in [1.54, 1.807) is 11.0 Å². The van der Waals surface area contributed by atoms with Crippen molar-refractivity contribution in [3.05, 3.63) is 28.8 Å². The van der Waals surface area contributed by atoms with Crippen LogP contribution in [-0.2, 0) is 22.4 Å². The van der Waals surface area contributed by atoms with Crippen LogP contribution in [0.25, 0.3) is 0 Å². The third-order valence-corrected chi connectivity index (χ3v) is 6.07. The van der Waals surface area contributed by atoms with E-state index >= 15 is 0 Å². The molecule has 146 valence electrons. The van der Waals surface area contributed by atoms with E-state index in [9.17, 15) is 14.7 Å². The van der Waals surface area contributed by atoms with E-state index in [1.165, 1.54) is 5.56 Å². The number of phenolic OH excluding ortho intramolecular Hbond substituents is 1. The number of fused-ring (bicyclic) bond motifs is 1. The monoisotopic (exact) mass is 372 g/mol. The van der Waals surface area contributed by atoms with Crippen molar-refractivity contribution in [2.75, 3.05) is 39.4 Å². The Balaban J connectivity index is 1.48. The summed E-state index contributed by atoms with van der Waals surface area (Å²) in [5, 5.41) is 10.4. The fraction of sp³-hybridized carbons (Fsp3) is 0.619. The van der Waals surface area contributed by atoms with Gasteiger partial charge in [0.25, 0.3) is 5.91 Å². The molecule has 3 aliphatic rings. The lowest BCUT2D eigenvalue weighted by atomic mass is 9.89. The lowest BCUT2D eigenvalue weighted by Crippen LogP contribution is -2.49. The highest BCUT2D eigenvalue weighted by Crippen LogP contribution is 2.30. The molecule has 0 radical (unpaired) electrons. The number of morpholine rings is 1. The van der Waals surface area contributed by atoms with E-state index in [4.69, 9.17) is 4.74 Å². The van der Waals surface area contributed by atoms with Gasteiger partial charge >= 0.3 is 0 Å². The smallest absolute Gasteiger partial charge is 0.257 e. The molecule has 2 amide bonds. The summed E-state index contributed by atoms with van der Waals surface area (Å²) in [6.07, 6.45) is 5.84. The molecule has 2 saturated heterocycles. The summed E-state index contributed by atoms with van der Waals surface area (Å²) in [4.78, 5) is 29.5. The molecule has 0 unspecified atom stereocenters. The first kappa shape index (κ1) is 18.3. The van der Waals surface area contributed by atoms with E-state index in [0.29, 0.717) is 45.0 Å². The van der Waals surface area contributed by atoms with Crippen LogP contribution in [0.5, 0.6) is 5.75 Å². The van der Waals surface area contributed by atoms with Crippen LogP contribution in [-0.4, -0.2) is 66.1 Å². The number of aromatic hydroxyl groups is 1. The van der Waals surface area contributed by atoms with Crippen LogP contribution in [0.15, 0.2) is 12.1 Å². The first-order valence-corrected chi connectivity index (χ1v) is 10.1. The van der Waals surface area contributed by atoms with Crippen LogP contribution in [0.1, 0.15) is 47.2 Å². The number of hydrogen-bond donors (Lipinski definition) is 1. The summed E-state index contributed by atoms with van der Waals surface area (Å²) in [5.74, 6) is -0.103. The largest absolute Gasteiger partial charge is 0.507 e. The normalized spacial score (nSPS) is 23.0. The number of carbonyl (C=O) groups is 2. The van der Waals surface area contributed by atoms with Crippen molar-refractivity contribution >= 4 is 11.8 Å². The Morgan fingerprint density at radius 1 is 0.963 bits per heavy atom. The summed E-state index contributed by atoms with van der Waals surface area (Å²) in [7, 11) is 0. The molecule has 1 aromatic rings. The average Bonchev–Trinajstić information content (AvgIpc) is 2.73. The minimum atomic E-state index is -0.152. The minimum Gasteiger partial charge on any atom is -0.507 e. The Labute approximate surface area is 160 Å². The van der Waals surface area contributed by atoms with Gasteiger partial charge in [-0.15, -0.1) is 0 Å². The summed E-state index contributed by atoms with van der Waals surface area (Å²) < 4.78 is 5.33. The zero-order valence-electron chi connectivity index (χ0n) is 15.8. The molecule has 6 nitrogen and oxygen atoms in total. The first-order valence-electron chi connectivity index (χ1n) is 10.1. The van der Waals surface area contributed by atoms with E-state index in [0.717, 1.165) is 44.1 Å². The van der Waals surface area contributed by atoms with E-state index in [1.807, 2.05) is 11.0 Å². The van der Waals surface area contributed by atoms with E-state index < -0.39 is 0 Å². The van der Waals surface area contributed by atoms with Gasteiger partial charge in [0.1, 0.15) is 5.75 Å². The van der Waals surface area contributed by atoms with E-state index in [-0.39, 0.29) is 23.5 Å². The third kappa shape index (κ3) is 3.81. The Morgan fingerprint density at radius 2 is 1.67 bits per heavy atom. The number of piperidine rings is 1. The fourth-order valence-electron chi connectivity index (χ4n) is 4.52. The Kier molecular flexibility index (Phi) is 5.34. The minimum absolute atomic E-state index is 0.0716. The molecular formula is C21H28N2O4. The molecule has 0 spiro atoms. The molecular weight excluding hydrogens is 344 g/mol. The second kappa shape index (κ2) is 7.89. The molecule has 27 heavy (non-hydrogen) atoms. The van der Waals surface area contributed by atoms with Gasteiger partial charge in [-0.2, -0.15) is 0 Å². The molecule has 0 saturated carbocycles. The lowest BCUT2D eigenvalue weighted by Gasteiger charge is -2.36. The van der Waals surface area contributed by atoms with Crippen molar-refractivity contribution in [2.45, 2.75) is 38.5 Å². The van der Waals surface area contributed by atoms with Crippen LogP contribution in [0.4, 0.5) is 0 Å². The lowest BCUT2D eigenvalue weighted by molar-refractivity contribution is -0.141. The van der Waals surface area contributed by atoms with Gasteiger partial charge < -0.3 is 19.6 Å². The number of rotatable bonds is 2. The number of carbonyl (C=O) groups excluding carboxylic acids is 2. The first-order chi connectivity index (χ1) is 13.1. The Hall–Kier alpha value is -2.08. The number of benzene rings is 1. The van der Waals surface area contributed by atoms with Crippen LogP contribution in [0, 0.1) is 5.92 Å². The highest BCUT2D eigenvalue weighted by atomic mass is 16.5. The molecule has 2 heterocycles. The molecule has 1 N–H and O–H groups in total. The van der Waals surface area contributed by atoms with Gasteiger partial charge in [0.2, 0.25) is 5.91 Å². The van der Waals surface area contributed by atoms with Crippen molar-refractivity contribution in [1.29, 1.82) is 0 Å². The predicted molar refractivity (Wildman–Crippen MR) is 101 cm³/mol. The standard InChI is InChI=1S/C21H28N2O4/c24-19-13-16-5-2-1-4-15(16)12-18(19)21(26)23-7-3-6-17(14-23)20(25)22-8-10-27-11-9-22/h12-13,17,24H,1-11,14H2/t17-/m1/s1. The maximum Gasteiger partial charge on any atom is 0.257 e. The molecule has 1 aromatic carbocycles. The summed E-state index contributed by atoms with van der Waals surface area (Å²) in [6, 6.07) is 3.64. The number of phenols is 1. The predicted octanol–water partition coefficient (Wildman–Crippen LogP) is 1.98. The molecule has 1 aliphatic carbocycles. The van der Waals surface area contributed by atoms with Gasteiger partial charge in [-0.1, -0.05) is 0 Å². The molecule has 4 rings (SSSR count). The van der Waals surface area contributed by atoms with Crippen LogP contribution < -0.4 is 0 Å². The Morgan fingerprint density at radius 3 is 2.41 bits per heavy atom. The summed E-state index contributed by atoms with van der Waals surface area (Å²) in [5.41, 5.74) is 2.73. The van der Waals surface area contributed by atoms with Gasteiger partial charge in [-0.25, -0.2) is 0 Å². The van der Waals surface area contributed by atoms with Crippen LogP contribution in [0.2, 0.25) is 0 Å². The molecule has 6 heteroatoms. The summed E-state index contributed by atoms with van der Waals surface area (Å²) in [6.45, 7) is 3.52. The number of aryl methyl sites for hydroxylation is 2. The number of likely N-dealkylation sites (tertiary alicyclic amines) is 1. The quantitative estimate of drug-likeness (QED) is 0.862. The van der Waals surface area contributed by atoms with Gasteiger partial charge in [-0.05, 0) is 61.8 Å². The highest BCUT2D eigenvalue weighted by molar-refractivity contribution is 5.97. The molecule has 0 aromatic heterocycles. The maximum atomic E-state index is 13.1. The van der Waals surface area contributed by atoms with Crippen molar-refractivity contribution in [3.8, 4) is 5.75 Å². The van der Waals surface area contributed by atoms with Crippen LogP contribution in [0.3, 0.4) is 0 Å². The van der Waals surface area contributed by atoms with Crippen LogP contribution >= 0.6 is 0 Å². The second-order valence-corrected chi connectivity index (χ2v) is 7.87. The summed E-state index contributed by atoms with van der Waals surface area (Å²) >= 11 is 0. The van der Waals surface area contributed by atoms with Gasteiger partial charge in [0.15, 0.2) is 0 Å². The van der Waals surface area contributed by atoms with Crippen molar-refractivity contribution < 1.29 is 19.4 Å². The third-order valence-electron chi connectivity index (χ3n) is 6.07. The number of hydrogen-bond acceptors (Lipinski definition) is 4.